The average molecular weight is 189 g/mol. The Balaban J connectivity index is 4.12. The molecule has 0 radical (unpaired) electrons. The molecular formula is C9H19NO3. The van der Waals surface area contributed by atoms with Crippen molar-refractivity contribution >= 4 is 5.97 Å². The van der Waals surface area contributed by atoms with Crippen LogP contribution in [0, 0.1) is 0 Å². The van der Waals surface area contributed by atoms with Crippen LogP contribution in [0.15, 0.2) is 0 Å². The smallest absolute Gasteiger partial charge is 0.337 e. The highest BCUT2D eigenvalue weighted by Gasteiger charge is 2.26. The van der Waals surface area contributed by atoms with Crippen LogP contribution < -0.4 is 5.73 Å². The molecule has 0 aliphatic carbocycles. The molecule has 0 aromatic heterocycles. The summed E-state index contributed by atoms with van der Waals surface area (Å²) in [7, 11) is 0. The molecule has 78 valence electrons. The Kier molecular flexibility index (Phi) is 4.36. The summed E-state index contributed by atoms with van der Waals surface area (Å²) in [6.45, 7) is 7.04. The molecule has 0 aliphatic heterocycles. The van der Waals surface area contributed by atoms with E-state index in [9.17, 15) is 9.90 Å². The second-order valence-electron chi connectivity index (χ2n) is 4.05. The van der Waals surface area contributed by atoms with Crippen molar-refractivity contribution in [2.45, 2.75) is 51.9 Å². The highest BCUT2D eigenvalue weighted by Crippen LogP contribution is 2.09. The van der Waals surface area contributed by atoms with E-state index in [1.165, 1.54) is 0 Å². The van der Waals surface area contributed by atoms with Crippen molar-refractivity contribution in [2.24, 2.45) is 5.73 Å². The monoisotopic (exact) mass is 189 g/mol. The highest BCUT2D eigenvalue weighted by molar-refractivity contribution is 5.75. The predicted molar refractivity (Wildman–Crippen MR) is 50.1 cm³/mol. The van der Waals surface area contributed by atoms with Gasteiger partial charge in [0.2, 0.25) is 0 Å². The largest absolute Gasteiger partial charge is 0.458 e. The summed E-state index contributed by atoms with van der Waals surface area (Å²) in [5.74, 6) is -0.651. The standard InChI is InChI=1S/C9H19NO3/c1-5-6(10)7(11)8(12)13-9(2,3)4/h6-7,11H,5,10H2,1-4H3/t6?,7-/m1/s1. The topological polar surface area (TPSA) is 72.5 Å². The Hall–Kier alpha value is -0.610. The summed E-state index contributed by atoms with van der Waals surface area (Å²) in [5, 5.41) is 9.35. The van der Waals surface area contributed by atoms with Gasteiger partial charge in [0.05, 0.1) is 0 Å². The first-order valence-electron chi connectivity index (χ1n) is 4.44. The molecule has 4 nitrogen and oxygen atoms in total. The minimum atomic E-state index is -1.22. The van der Waals surface area contributed by atoms with E-state index in [4.69, 9.17) is 10.5 Å². The molecule has 4 heteroatoms. The van der Waals surface area contributed by atoms with E-state index in [0.717, 1.165) is 0 Å². The van der Waals surface area contributed by atoms with Gasteiger partial charge in [-0.15, -0.1) is 0 Å². The third kappa shape index (κ3) is 4.85. The fraction of sp³-hybridized carbons (Fsp3) is 0.889. The van der Waals surface area contributed by atoms with Gasteiger partial charge in [-0.2, -0.15) is 0 Å². The third-order valence-corrected chi connectivity index (χ3v) is 1.53. The highest BCUT2D eigenvalue weighted by atomic mass is 16.6. The number of carbonyl (C=O) groups is 1. The van der Waals surface area contributed by atoms with Crippen LogP contribution in [0.2, 0.25) is 0 Å². The zero-order valence-electron chi connectivity index (χ0n) is 8.70. The molecule has 0 saturated carbocycles. The van der Waals surface area contributed by atoms with Gasteiger partial charge in [-0.1, -0.05) is 6.92 Å². The van der Waals surface area contributed by atoms with E-state index in [2.05, 4.69) is 0 Å². The average Bonchev–Trinajstić information content (AvgIpc) is 1.98. The van der Waals surface area contributed by atoms with Crippen LogP contribution in [0.5, 0.6) is 0 Å². The van der Waals surface area contributed by atoms with Gasteiger partial charge in [0.1, 0.15) is 5.60 Å². The molecule has 0 spiro atoms. The van der Waals surface area contributed by atoms with Gasteiger partial charge in [-0.3, -0.25) is 0 Å². The first kappa shape index (κ1) is 12.4. The Morgan fingerprint density at radius 1 is 1.54 bits per heavy atom. The summed E-state index contributed by atoms with van der Waals surface area (Å²) in [6, 6.07) is -0.546. The quantitative estimate of drug-likeness (QED) is 0.631. The lowest BCUT2D eigenvalue weighted by Gasteiger charge is -2.23. The second kappa shape index (κ2) is 4.58. The van der Waals surface area contributed by atoms with Crippen LogP contribution in [-0.4, -0.2) is 28.8 Å². The van der Waals surface area contributed by atoms with E-state index in [-0.39, 0.29) is 0 Å². The minimum Gasteiger partial charge on any atom is -0.458 e. The van der Waals surface area contributed by atoms with Gasteiger partial charge >= 0.3 is 5.97 Å². The maximum absolute atomic E-state index is 11.2. The maximum Gasteiger partial charge on any atom is 0.337 e. The number of nitrogens with two attached hydrogens (primary N) is 1. The first-order chi connectivity index (χ1) is 5.78. The number of carbonyl (C=O) groups excluding carboxylic acids is 1. The Morgan fingerprint density at radius 2 is 2.00 bits per heavy atom. The van der Waals surface area contributed by atoms with Crippen molar-refractivity contribution in [1.82, 2.24) is 0 Å². The third-order valence-electron chi connectivity index (χ3n) is 1.53. The zero-order valence-corrected chi connectivity index (χ0v) is 8.70. The molecule has 0 bridgehead atoms. The van der Waals surface area contributed by atoms with Crippen LogP contribution in [-0.2, 0) is 9.53 Å². The van der Waals surface area contributed by atoms with E-state index < -0.39 is 23.7 Å². The molecule has 0 amide bonds. The molecule has 0 rings (SSSR count). The van der Waals surface area contributed by atoms with Gasteiger partial charge in [-0.25, -0.2) is 4.79 Å². The summed E-state index contributed by atoms with van der Waals surface area (Å²) >= 11 is 0. The number of rotatable bonds is 3. The zero-order chi connectivity index (χ0) is 10.6. The van der Waals surface area contributed by atoms with E-state index in [1.807, 2.05) is 0 Å². The molecule has 1 unspecified atom stereocenters. The van der Waals surface area contributed by atoms with Crippen molar-refractivity contribution < 1.29 is 14.6 Å². The Morgan fingerprint density at radius 3 is 2.31 bits per heavy atom. The molecule has 3 N–H and O–H groups in total. The van der Waals surface area contributed by atoms with Crippen molar-refractivity contribution in [3.63, 3.8) is 0 Å². The number of aliphatic hydroxyl groups excluding tert-OH is 1. The summed E-state index contributed by atoms with van der Waals surface area (Å²) in [5.41, 5.74) is 4.91. The fourth-order valence-corrected chi connectivity index (χ4v) is 0.760. The van der Waals surface area contributed by atoms with E-state index in [0.29, 0.717) is 6.42 Å². The van der Waals surface area contributed by atoms with Crippen molar-refractivity contribution in [2.75, 3.05) is 0 Å². The predicted octanol–water partition coefficient (Wildman–Crippen LogP) is 0.426. The van der Waals surface area contributed by atoms with Crippen LogP contribution in [0.25, 0.3) is 0 Å². The van der Waals surface area contributed by atoms with Crippen LogP contribution in [0.1, 0.15) is 34.1 Å². The van der Waals surface area contributed by atoms with Gasteiger partial charge in [-0.05, 0) is 27.2 Å². The van der Waals surface area contributed by atoms with E-state index >= 15 is 0 Å². The summed E-state index contributed by atoms with van der Waals surface area (Å²) in [6.07, 6.45) is -0.676. The molecule has 0 aromatic carbocycles. The minimum absolute atomic E-state index is 0.542. The molecular weight excluding hydrogens is 170 g/mol. The normalized spacial score (nSPS) is 16.5. The summed E-state index contributed by atoms with van der Waals surface area (Å²) in [4.78, 5) is 11.2. The maximum atomic E-state index is 11.2. The molecule has 0 saturated heterocycles. The number of ether oxygens (including phenoxy) is 1. The van der Waals surface area contributed by atoms with Crippen molar-refractivity contribution in [3.05, 3.63) is 0 Å². The van der Waals surface area contributed by atoms with Gasteiger partial charge in [0, 0.05) is 6.04 Å². The lowest BCUT2D eigenvalue weighted by atomic mass is 10.1. The van der Waals surface area contributed by atoms with Gasteiger partial charge < -0.3 is 15.6 Å². The SMILES string of the molecule is CCC(N)[C@@H](O)C(=O)OC(C)(C)C. The number of aliphatic hydroxyl groups is 1. The van der Waals surface area contributed by atoms with Gasteiger partial charge in [0.25, 0.3) is 0 Å². The van der Waals surface area contributed by atoms with E-state index in [1.54, 1.807) is 27.7 Å². The number of hydrogen-bond acceptors (Lipinski definition) is 4. The molecule has 0 aromatic rings. The van der Waals surface area contributed by atoms with Crippen LogP contribution in [0.4, 0.5) is 0 Å². The number of hydrogen-bond donors (Lipinski definition) is 2. The molecule has 0 heterocycles. The fourth-order valence-electron chi connectivity index (χ4n) is 0.760. The van der Waals surface area contributed by atoms with Crippen LogP contribution >= 0.6 is 0 Å². The first-order valence-corrected chi connectivity index (χ1v) is 4.44. The lowest BCUT2D eigenvalue weighted by molar-refractivity contribution is -0.166. The molecule has 0 aliphatic rings. The molecule has 13 heavy (non-hydrogen) atoms. The summed E-state index contributed by atoms with van der Waals surface area (Å²) < 4.78 is 4.95. The van der Waals surface area contributed by atoms with Crippen LogP contribution in [0.3, 0.4) is 0 Å². The van der Waals surface area contributed by atoms with Gasteiger partial charge in [0.15, 0.2) is 6.10 Å². The Labute approximate surface area is 79.1 Å². The number of esters is 1. The van der Waals surface area contributed by atoms with Crippen molar-refractivity contribution in [1.29, 1.82) is 0 Å². The molecule has 0 fully saturated rings. The van der Waals surface area contributed by atoms with Crippen molar-refractivity contribution in [3.8, 4) is 0 Å². The lowest BCUT2D eigenvalue weighted by Crippen LogP contribution is -2.43. The molecule has 2 atom stereocenters. The Bertz CT molecular complexity index is 174. The second-order valence-corrected chi connectivity index (χ2v) is 4.05.